The molecule has 1 aromatic carbocycles. The van der Waals surface area contributed by atoms with Gasteiger partial charge in [0.05, 0.1) is 5.56 Å². The van der Waals surface area contributed by atoms with Crippen molar-refractivity contribution in [1.82, 2.24) is 4.98 Å². The third-order valence-electron chi connectivity index (χ3n) is 2.98. The van der Waals surface area contributed by atoms with Gasteiger partial charge in [0.2, 0.25) is 5.95 Å². The minimum Gasteiger partial charge on any atom is -0.478 e. The van der Waals surface area contributed by atoms with E-state index in [2.05, 4.69) is 4.98 Å². The van der Waals surface area contributed by atoms with Crippen molar-refractivity contribution in [3.8, 4) is 0 Å². The fourth-order valence-corrected chi connectivity index (χ4v) is 1.97. The summed E-state index contributed by atoms with van der Waals surface area (Å²) in [6, 6.07) is 4.29. The quantitative estimate of drug-likeness (QED) is 0.587. The fraction of sp³-hybridized carbons (Fsp3) is 0.143. The van der Waals surface area contributed by atoms with Crippen LogP contribution >= 0.6 is 0 Å². The highest BCUT2D eigenvalue weighted by atomic mass is 19.1. The Bertz CT molecular complexity index is 663. The molecular weight excluding hydrogens is 261 g/mol. The monoisotopic (exact) mass is 275 g/mol. The summed E-state index contributed by atoms with van der Waals surface area (Å²) in [7, 11) is 0. The number of rotatable bonds is 3. The first-order valence-electron chi connectivity index (χ1n) is 5.90. The molecule has 0 aliphatic rings. The van der Waals surface area contributed by atoms with E-state index in [4.69, 9.17) is 16.6 Å². The number of nitrogens with two attached hydrogens (primary N) is 2. The number of hydrogen-bond acceptors (Lipinski definition) is 4. The van der Waals surface area contributed by atoms with Gasteiger partial charge in [-0.25, -0.2) is 9.78 Å². The summed E-state index contributed by atoms with van der Waals surface area (Å²) >= 11 is 0. The van der Waals surface area contributed by atoms with Gasteiger partial charge in [0.1, 0.15) is 0 Å². The number of halogens is 1. The summed E-state index contributed by atoms with van der Waals surface area (Å²) in [4.78, 5) is 14.5. The third-order valence-corrected chi connectivity index (χ3v) is 2.98. The first-order chi connectivity index (χ1) is 9.38. The predicted octanol–water partition coefficient (Wildman–Crippen LogP) is 1.98. The van der Waals surface area contributed by atoms with Gasteiger partial charge < -0.3 is 16.6 Å². The smallest absolute Gasteiger partial charge is 0.335 e. The maximum absolute atomic E-state index is 13.6. The number of nitrogens with zero attached hydrogens (tertiary/aromatic N) is 1. The van der Waals surface area contributed by atoms with E-state index in [1.165, 1.54) is 18.3 Å². The van der Waals surface area contributed by atoms with Gasteiger partial charge in [-0.3, -0.25) is 0 Å². The van der Waals surface area contributed by atoms with E-state index in [1.807, 2.05) is 0 Å². The zero-order valence-electron chi connectivity index (χ0n) is 10.9. The van der Waals surface area contributed by atoms with Crippen molar-refractivity contribution >= 4 is 17.3 Å². The lowest BCUT2D eigenvalue weighted by Gasteiger charge is -2.11. The van der Waals surface area contributed by atoms with Crippen LogP contribution in [0.25, 0.3) is 0 Å². The number of carboxylic acid groups (broad SMARTS) is 1. The molecule has 0 fully saturated rings. The van der Waals surface area contributed by atoms with Gasteiger partial charge in [0, 0.05) is 35.1 Å². The van der Waals surface area contributed by atoms with Crippen LogP contribution in [-0.4, -0.2) is 16.1 Å². The molecule has 104 valence electrons. The third kappa shape index (κ3) is 2.69. The van der Waals surface area contributed by atoms with Crippen molar-refractivity contribution in [1.29, 1.82) is 0 Å². The van der Waals surface area contributed by atoms with E-state index in [0.29, 0.717) is 11.1 Å². The number of carboxylic acids is 1. The Labute approximate surface area is 115 Å². The minimum absolute atomic E-state index is 0.00610. The number of carbonyl (C=O) groups is 1. The van der Waals surface area contributed by atoms with Gasteiger partial charge in [0.25, 0.3) is 0 Å². The van der Waals surface area contributed by atoms with Crippen LogP contribution in [0, 0.1) is 12.9 Å². The molecule has 6 heteroatoms. The van der Waals surface area contributed by atoms with E-state index in [-0.39, 0.29) is 23.4 Å². The van der Waals surface area contributed by atoms with E-state index in [0.717, 1.165) is 5.56 Å². The first-order valence-corrected chi connectivity index (χ1v) is 5.90. The van der Waals surface area contributed by atoms with Gasteiger partial charge >= 0.3 is 5.97 Å². The number of aromatic carboxylic acids is 1. The zero-order chi connectivity index (χ0) is 14.9. The molecule has 5 N–H and O–H groups in total. The Kier molecular flexibility index (Phi) is 3.56. The van der Waals surface area contributed by atoms with Crippen LogP contribution < -0.4 is 11.5 Å². The molecule has 0 aliphatic heterocycles. The molecule has 2 aromatic rings. The summed E-state index contributed by atoms with van der Waals surface area (Å²) in [6.45, 7) is 1.80. The van der Waals surface area contributed by atoms with Crippen LogP contribution in [0.4, 0.5) is 15.8 Å². The Morgan fingerprint density at radius 2 is 1.90 bits per heavy atom. The molecule has 0 aliphatic carbocycles. The number of nitrogen functional groups attached to an aromatic ring is 2. The van der Waals surface area contributed by atoms with Crippen molar-refractivity contribution in [2.24, 2.45) is 0 Å². The number of anilines is 2. The number of aryl methyl sites for hydroxylation is 1. The molecule has 0 amide bonds. The van der Waals surface area contributed by atoms with Crippen molar-refractivity contribution in [2.75, 3.05) is 11.5 Å². The summed E-state index contributed by atoms with van der Waals surface area (Å²) in [5.41, 5.74) is 13.8. The molecule has 0 atom stereocenters. The lowest BCUT2D eigenvalue weighted by atomic mass is 9.99. The second-order valence-electron chi connectivity index (χ2n) is 4.58. The minimum atomic E-state index is -1.11. The molecule has 0 radical (unpaired) electrons. The standard InChI is InChI=1S/C14H14FN3O2/c1-7-2-8(13(15)18-6-7)3-10-11(16)4-9(14(19)20)5-12(10)17/h2,4-6H,3,16-17H2,1H3,(H,19,20). The van der Waals surface area contributed by atoms with Crippen molar-refractivity contribution < 1.29 is 14.3 Å². The Balaban J connectivity index is 2.44. The van der Waals surface area contributed by atoms with Gasteiger partial charge in [-0.1, -0.05) is 0 Å². The summed E-state index contributed by atoms with van der Waals surface area (Å²) in [5.74, 6) is -1.70. The molecule has 20 heavy (non-hydrogen) atoms. The number of aromatic nitrogens is 1. The number of benzene rings is 1. The number of hydrogen-bond donors (Lipinski definition) is 3. The molecule has 1 heterocycles. The maximum Gasteiger partial charge on any atom is 0.335 e. The molecule has 0 unspecified atom stereocenters. The van der Waals surface area contributed by atoms with Gasteiger partial charge in [-0.2, -0.15) is 4.39 Å². The van der Waals surface area contributed by atoms with Crippen molar-refractivity contribution in [2.45, 2.75) is 13.3 Å². The van der Waals surface area contributed by atoms with Crippen molar-refractivity contribution in [3.05, 3.63) is 52.6 Å². The second kappa shape index (κ2) is 5.16. The largest absolute Gasteiger partial charge is 0.478 e. The highest BCUT2D eigenvalue weighted by Crippen LogP contribution is 2.26. The summed E-state index contributed by atoms with van der Waals surface area (Å²) in [5, 5.41) is 8.91. The maximum atomic E-state index is 13.6. The van der Waals surface area contributed by atoms with Crippen LogP contribution in [0.3, 0.4) is 0 Å². The van der Waals surface area contributed by atoms with E-state index in [9.17, 15) is 9.18 Å². The van der Waals surface area contributed by atoms with Gasteiger partial charge in [-0.05, 0) is 30.7 Å². The van der Waals surface area contributed by atoms with E-state index < -0.39 is 11.9 Å². The van der Waals surface area contributed by atoms with Crippen LogP contribution in [0.1, 0.15) is 27.0 Å². The van der Waals surface area contributed by atoms with E-state index >= 15 is 0 Å². The highest BCUT2D eigenvalue weighted by Gasteiger charge is 2.13. The zero-order valence-corrected chi connectivity index (χ0v) is 10.9. The van der Waals surface area contributed by atoms with Crippen LogP contribution in [-0.2, 0) is 6.42 Å². The normalized spacial score (nSPS) is 10.5. The number of pyridine rings is 1. The Morgan fingerprint density at radius 3 is 2.45 bits per heavy atom. The van der Waals surface area contributed by atoms with Gasteiger partial charge in [-0.15, -0.1) is 0 Å². The molecule has 5 nitrogen and oxygen atoms in total. The van der Waals surface area contributed by atoms with Crippen LogP contribution in [0.5, 0.6) is 0 Å². The van der Waals surface area contributed by atoms with Gasteiger partial charge in [0.15, 0.2) is 0 Å². The second-order valence-corrected chi connectivity index (χ2v) is 4.58. The predicted molar refractivity (Wildman–Crippen MR) is 74.0 cm³/mol. The Morgan fingerprint density at radius 1 is 1.30 bits per heavy atom. The lowest BCUT2D eigenvalue weighted by molar-refractivity contribution is 0.0697. The first kappa shape index (κ1) is 13.8. The molecule has 0 saturated heterocycles. The summed E-state index contributed by atoms with van der Waals surface area (Å²) in [6.07, 6.45) is 1.59. The highest BCUT2D eigenvalue weighted by molar-refractivity contribution is 5.91. The molecule has 1 aromatic heterocycles. The Hall–Kier alpha value is -2.63. The topological polar surface area (TPSA) is 102 Å². The SMILES string of the molecule is Cc1cnc(F)c(Cc2c(N)cc(C(=O)O)cc2N)c1. The average molecular weight is 275 g/mol. The molecule has 0 bridgehead atoms. The molecular formula is C14H14FN3O2. The van der Waals surface area contributed by atoms with Crippen LogP contribution in [0.15, 0.2) is 24.4 Å². The molecule has 0 saturated carbocycles. The molecule has 2 rings (SSSR count). The summed E-state index contributed by atoms with van der Waals surface area (Å²) < 4.78 is 13.6. The average Bonchev–Trinajstić information content (AvgIpc) is 2.37. The fourth-order valence-electron chi connectivity index (χ4n) is 1.97. The molecule has 0 spiro atoms. The van der Waals surface area contributed by atoms with E-state index in [1.54, 1.807) is 13.0 Å². The van der Waals surface area contributed by atoms with Crippen LogP contribution in [0.2, 0.25) is 0 Å². The van der Waals surface area contributed by atoms with Crippen molar-refractivity contribution in [3.63, 3.8) is 0 Å². The lowest BCUT2D eigenvalue weighted by Crippen LogP contribution is -2.07.